The first-order valence-electron chi connectivity index (χ1n) is 7.72. The second kappa shape index (κ2) is 7.46. The summed E-state index contributed by atoms with van der Waals surface area (Å²) in [6.07, 6.45) is 0. The zero-order valence-electron chi connectivity index (χ0n) is 13.4. The third kappa shape index (κ3) is 3.42. The van der Waals surface area contributed by atoms with Crippen LogP contribution in [0.1, 0.15) is 16.1 Å². The van der Waals surface area contributed by atoms with Gasteiger partial charge in [0.2, 0.25) is 5.76 Å². The maximum absolute atomic E-state index is 12.3. The number of carbonyl (C=O) groups excluding carboxylic acids is 2. The van der Waals surface area contributed by atoms with Crippen LogP contribution in [0.3, 0.4) is 0 Å². The Labute approximate surface area is 139 Å². The van der Waals surface area contributed by atoms with Crippen molar-refractivity contribution < 1.29 is 28.2 Å². The molecule has 1 aromatic carbocycles. The Morgan fingerprint density at radius 3 is 2.71 bits per heavy atom. The average Bonchev–Trinajstić information content (AvgIpc) is 2.99. The SMILES string of the molecule is COCc1c(C(=O)OCC(=O)N2CCOCC2)oc2ccccc12. The number of methoxy groups -OCH3 is 1. The number of fused-ring (bicyclic) bond motifs is 1. The number of ether oxygens (including phenoxy) is 3. The average molecular weight is 333 g/mol. The zero-order chi connectivity index (χ0) is 16.9. The van der Waals surface area contributed by atoms with Crippen molar-refractivity contribution in [3.05, 3.63) is 35.6 Å². The van der Waals surface area contributed by atoms with Gasteiger partial charge in [0.25, 0.3) is 5.91 Å². The second-order valence-electron chi connectivity index (χ2n) is 5.41. The van der Waals surface area contributed by atoms with Gasteiger partial charge in [0.1, 0.15) is 5.58 Å². The van der Waals surface area contributed by atoms with Crippen molar-refractivity contribution in [3.8, 4) is 0 Å². The van der Waals surface area contributed by atoms with Crippen LogP contribution in [0.25, 0.3) is 11.0 Å². The number of furan rings is 1. The predicted octanol–water partition coefficient (Wildman–Crippen LogP) is 1.59. The normalized spacial score (nSPS) is 14.8. The predicted molar refractivity (Wildman–Crippen MR) is 84.6 cm³/mol. The van der Waals surface area contributed by atoms with Crippen molar-refractivity contribution in [1.82, 2.24) is 4.90 Å². The van der Waals surface area contributed by atoms with Crippen LogP contribution in [0, 0.1) is 0 Å². The first-order valence-corrected chi connectivity index (χ1v) is 7.72. The molecule has 1 aromatic heterocycles. The molecule has 0 unspecified atom stereocenters. The summed E-state index contributed by atoms with van der Waals surface area (Å²) in [6.45, 7) is 1.93. The zero-order valence-corrected chi connectivity index (χ0v) is 13.4. The van der Waals surface area contributed by atoms with Gasteiger partial charge in [-0.05, 0) is 6.07 Å². The molecule has 7 heteroatoms. The third-order valence-corrected chi connectivity index (χ3v) is 3.86. The lowest BCUT2D eigenvalue weighted by Crippen LogP contribution is -2.42. The Hall–Kier alpha value is -2.38. The van der Waals surface area contributed by atoms with Crippen LogP contribution in [0.5, 0.6) is 0 Å². The molecule has 0 aliphatic carbocycles. The van der Waals surface area contributed by atoms with Gasteiger partial charge in [-0.2, -0.15) is 0 Å². The maximum Gasteiger partial charge on any atom is 0.375 e. The smallest absolute Gasteiger partial charge is 0.375 e. The van der Waals surface area contributed by atoms with Crippen molar-refractivity contribution in [2.24, 2.45) is 0 Å². The van der Waals surface area contributed by atoms with Crippen LogP contribution in [0.2, 0.25) is 0 Å². The van der Waals surface area contributed by atoms with Crippen molar-refractivity contribution in [1.29, 1.82) is 0 Å². The molecule has 0 N–H and O–H groups in total. The Bertz CT molecular complexity index is 732. The summed E-state index contributed by atoms with van der Waals surface area (Å²) in [6, 6.07) is 7.29. The van der Waals surface area contributed by atoms with Gasteiger partial charge < -0.3 is 23.5 Å². The van der Waals surface area contributed by atoms with E-state index in [4.69, 9.17) is 18.6 Å². The molecule has 7 nitrogen and oxygen atoms in total. The number of benzene rings is 1. The number of para-hydroxylation sites is 1. The first-order chi connectivity index (χ1) is 11.7. The summed E-state index contributed by atoms with van der Waals surface area (Å²) in [5, 5.41) is 0.797. The van der Waals surface area contributed by atoms with Crippen LogP contribution in [0.15, 0.2) is 28.7 Å². The van der Waals surface area contributed by atoms with E-state index in [2.05, 4.69) is 0 Å². The van der Waals surface area contributed by atoms with Crippen molar-refractivity contribution in [2.75, 3.05) is 40.0 Å². The summed E-state index contributed by atoms with van der Waals surface area (Å²) in [4.78, 5) is 26.0. The molecule has 2 aromatic rings. The molecule has 0 bridgehead atoms. The van der Waals surface area contributed by atoms with Gasteiger partial charge in [-0.3, -0.25) is 4.79 Å². The Morgan fingerprint density at radius 1 is 1.21 bits per heavy atom. The molecule has 1 saturated heterocycles. The standard InChI is InChI=1S/C17H19NO6/c1-21-10-13-12-4-2-3-5-14(12)24-16(13)17(20)23-11-15(19)18-6-8-22-9-7-18/h2-5H,6-11H2,1H3. The highest BCUT2D eigenvalue weighted by molar-refractivity contribution is 5.96. The summed E-state index contributed by atoms with van der Waals surface area (Å²) < 4.78 is 21.1. The highest BCUT2D eigenvalue weighted by Crippen LogP contribution is 2.27. The van der Waals surface area contributed by atoms with E-state index in [1.54, 1.807) is 18.1 Å². The van der Waals surface area contributed by atoms with Crippen LogP contribution < -0.4 is 0 Å². The number of amides is 1. The number of nitrogens with zero attached hydrogens (tertiary/aromatic N) is 1. The lowest BCUT2D eigenvalue weighted by Gasteiger charge is -2.26. The molecule has 0 saturated carbocycles. The van der Waals surface area contributed by atoms with Gasteiger partial charge in [-0.15, -0.1) is 0 Å². The molecule has 3 rings (SSSR count). The minimum atomic E-state index is -0.667. The summed E-state index contributed by atoms with van der Waals surface area (Å²) in [5.74, 6) is -0.830. The quantitative estimate of drug-likeness (QED) is 0.773. The van der Waals surface area contributed by atoms with E-state index in [1.807, 2.05) is 18.2 Å². The fourth-order valence-corrected chi connectivity index (χ4v) is 2.65. The van der Waals surface area contributed by atoms with Gasteiger partial charge in [0, 0.05) is 31.1 Å². The van der Waals surface area contributed by atoms with Gasteiger partial charge >= 0.3 is 5.97 Å². The Kier molecular flexibility index (Phi) is 5.12. The topological polar surface area (TPSA) is 78.2 Å². The molecule has 0 radical (unpaired) electrons. The van der Waals surface area contributed by atoms with Crippen LogP contribution in [-0.2, 0) is 25.6 Å². The maximum atomic E-state index is 12.3. The molecule has 0 spiro atoms. The van der Waals surface area contributed by atoms with E-state index in [0.717, 1.165) is 5.39 Å². The van der Waals surface area contributed by atoms with Crippen molar-refractivity contribution in [2.45, 2.75) is 6.61 Å². The molecule has 0 atom stereocenters. The largest absolute Gasteiger partial charge is 0.450 e. The number of rotatable bonds is 5. The first kappa shape index (κ1) is 16.5. The van der Waals surface area contributed by atoms with Crippen molar-refractivity contribution in [3.63, 3.8) is 0 Å². The summed E-state index contributed by atoms with van der Waals surface area (Å²) >= 11 is 0. The third-order valence-electron chi connectivity index (χ3n) is 3.86. The van der Waals surface area contributed by atoms with E-state index in [0.29, 0.717) is 37.4 Å². The number of hydrogen-bond donors (Lipinski definition) is 0. The molecule has 1 amide bonds. The molecular weight excluding hydrogens is 314 g/mol. The van der Waals surface area contributed by atoms with E-state index < -0.39 is 5.97 Å². The minimum Gasteiger partial charge on any atom is -0.450 e. The van der Waals surface area contributed by atoms with Crippen LogP contribution in [-0.4, -0.2) is 56.8 Å². The fourth-order valence-electron chi connectivity index (χ4n) is 2.65. The number of carbonyl (C=O) groups is 2. The highest BCUT2D eigenvalue weighted by Gasteiger charge is 2.24. The second-order valence-corrected chi connectivity index (χ2v) is 5.41. The molecule has 2 heterocycles. The highest BCUT2D eigenvalue weighted by atomic mass is 16.5. The Morgan fingerprint density at radius 2 is 1.96 bits per heavy atom. The van der Waals surface area contributed by atoms with Gasteiger partial charge in [-0.25, -0.2) is 4.79 Å². The van der Waals surface area contributed by atoms with Crippen LogP contribution >= 0.6 is 0 Å². The van der Waals surface area contributed by atoms with E-state index in [9.17, 15) is 9.59 Å². The molecule has 128 valence electrons. The van der Waals surface area contributed by atoms with Gasteiger partial charge in [0.05, 0.1) is 19.8 Å². The Balaban J connectivity index is 1.71. The monoisotopic (exact) mass is 333 g/mol. The number of esters is 1. The molecule has 1 aliphatic rings. The van der Waals surface area contributed by atoms with Gasteiger partial charge in [-0.1, -0.05) is 18.2 Å². The lowest BCUT2D eigenvalue weighted by molar-refractivity contribution is -0.138. The lowest BCUT2D eigenvalue weighted by atomic mass is 10.1. The minimum absolute atomic E-state index is 0.0767. The van der Waals surface area contributed by atoms with E-state index in [1.165, 1.54) is 0 Å². The van der Waals surface area contributed by atoms with Crippen LogP contribution in [0.4, 0.5) is 0 Å². The number of morpholine rings is 1. The molecular formula is C17H19NO6. The van der Waals surface area contributed by atoms with E-state index >= 15 is 0 Å². The van der Waals surface area contributed by atoms with Gasteiger partial charge in [0.15, 0.2) is 6.61 Å². The summed E-state index contributed by atoms with van der Waals surface area (Å²) in [7, 11) is 1.54. The van der Waals surface area contributed by atoms with E-state index in [-0.39, 0.29) is 24.9 Å². The fraction of sp³-hybridized carbons (Fsp3) is 0.412. The summed E-state index contributed by atoms with van der Waals surface area (Å²) in [5.41, 5.74) is 1.20. The molecule has 1 fully saturated rings. The number of hydrogen-bond acceptors (Lipinski definition) is 6. The van der Waals surface area contributed by atoms with Crippen molar-refractivity contribution >= 4 is 22.8 Å². The molecule has 24 heavy (non-hydrogen) atoms. The molecule has 1 aliphatic heterocycles.